The zero-order valence-corrected chi connectivity index (χ0v) is 27.6. The molecule has 0 spiro atoms. The summed E-state index contributed by atoms with van der Waals surface area (Å²) >= 11 is 1.67. The minimum Gasteiger partial charge on any atom is -0.494 e. The molecule has 0 saturated heterocycles. The van der Waals surface area contributed by atoms with Gasteiger partial charge in [0.25, 0.3) is 0 Å². The Hall–Kier alpha value is -3.44. The molecule has 9 nitrogen and oxygen atoms in total. The third kappa shape index (κ3) is 10.3. The summed E-state index contributed by atoms with van der Waals surface area (Å²) in [7, 11) is 5.36. The average molecular weight is 624 g/mol. The Morgan fingerprint density at radius 1 is 0.977 bits per heavy atom. The number of benzene rings is 3. The highest BCUT2D eigenvalue weighted by Gasteiger charge is 2.23. The van der Waals surface area contributed by atoms with E-state index in [4.69, 9.17) is 31.5 Å². The Balaban J connectivity index is 1.76. The van der Waals surface area contributed by atoms with Gasteiger partial charge in [0.2, 0.25) is 0 Å². The summed E-state index contributed by atoms with van der Waals surface area (Å²) in [4.78, 5) is 13.9. The number of aryl methyl sites for hydroxylation is 1. The van der Waals surface area contributed by atoms with Crippen LogP contribution in [-0.4, -0.2) is 51.2 Å². The second-order valence-corrected chi connectivity index (χ2v) is 12.2. The molecule has 3 rings (SSSR count). The number of hydrogen-bond acceptors (Lipinski definition) is 10. The van der Waals surface area contributed by atoms with Gasteiger partial charge in [-0.05, 0) is 111 Å². The summed E-state index contributed by atoms with van der Waals surface area (Å²) in [5.74, 6) is 6.88. The van der Waals surface area contributed by atoms with Crippen molar-refractivity contribution >= 4 is 29.3 Å². The van der Waals surface area contributed by atoms with Crippen molar-refractivity contribution in [2.75, 3.05) is 51.7 Å². The number of esters is 1. The molecular formula is C34H49N5O4S. The molecule has 3 aromatic carbocycles. The average Bonchev–Trinajstić information content (AvgIpc) is 2.99. The zero-order valence-electron chi connectivity index (χ0n) is 26.8. The molecule has 0 amide bonds. The fourth-order valence-electron chi connectivity index (χ4n) is 5.12. The number of hydrazine groups is 1. The standard InChI is InChI=1S/C34H49N5O4S/c1-6-42-33(40)22-30(26-20-31(36)34(39(4)37)32(21-26)41-5)25-12-11-24(2)27(19-25)23-38(3)44-29-15-13-28(14-16-29)43-18-10-8-7-9-17-35/h11-16,19-21,30H,6-10,17-18,22-23,35-37H2,1-5H3. The molecule has 0 fully saturated rings. The van der Waals surface area contributed by atoms with Crippen LogP contribution in [0.25, 0.3) is 0 Å². The fourth-order valence-corrected chi connectivity index (χ4v) is 5.94. The Morgan fingerprint density at radius 3 is 2.36 bits per heavy atom. The summed E-state index contributed by atoms with van der Waals surface area (Å²) in [6.07, 6.45) is 4.57. The number of carbonyl (C=O) groups is 1. The maximum Gasteiger partial charge on any atom is 0.306 e. The van der Waals surface area contributed by atoms with Gasteiger partial charge in [0, 0.05) is 24.4 Å². The first-order valence-electron chi connectivity index (χ1n) is 15.2. The maximum absolute atomic E-state index is 12.7. The molecule has 6 N–H and O–H groups in total. The SMILES string of the molecule is CCOC(=O)CC(c1ccc(C)c(CN(C)Sc2ccc(OCCCCCCN)cc2)c1)c1cc(N)c(N(C)N)c(OC)c1. The lowest BCUT2D eigenvalue weighted by Crippen LogP contribution is -2.26. The van der Waals surface area contributed by atoms with Crippen molar-refractivity contribution in [3.8, 4) is 11.5 Å². The van der Waals surface area contributed by atoms with Gasteiger partial charge < -0.3 is 30.7 Å². The first-order chi connectivity index (χ1) is 21.2. The molecule has 0 radical (unpaired) electrons. The lowest BCUT2D eigenvalue weighted by molar-refractivity contribution is -0.143. The monoisotopic (exact) mass is 623 g/mol. The molecule has 44 heavy (non-hydrogen) atoms. The Kier molecular flexibility index (Phi) is 14.1. The van der Waals surface area contributed by atoms with E-state index in [0.717, 1.165) is 60.6 Å². The quantitative estimate of drug-likeness (QED) is 0.0386. The van der Waals surface area contributed by atoms with E-state index in [9.17, 15) is 4.79 Å². The van der Waals surface area contributed by atoms with E-state index in [2.05, 4.69) is 48.6 Å². The van der Waals surface area contributed by atoms with Crippen molar-refractivity contribution in [3.05, 3.63) is 76.9 Å². The predicted molar refractivity (Wildman–Crippen MR) is 181 cm³/mol. The summed E-state index contributed by atoms with van der Waals surface area (Å²) in [6.45, 7) is 6.41. The van der Waals surface area contributed by atoms with Gasteiger partial charge in [0.05, 0.1) is 32.4 Å². The van der Waals surface area contributed by atoms with Crippen LogP contribution in [0.3, 0.4) is 0 Å². The Morgan fingerprint density at radius 2 is 1.70 bits per heavy atom. The summed E-state index contributed by atoms with van der Waals surface area (Å²) in [6, 6.07) is 18.3. The first kappa shape index (κ1) is 35.0. The van der Waals surface area contributed by atoms with Gasteiger partial charge >= 0.3 is 5.97 Å². The number of nitrogen functional groups attached to an aromatic ring is 1. The number of methoxy groups -OCH3 is 1. The number of ether oxygens (including phenoxy) is 3. The van der Waals surface area contributed by atoms with Crippen molar-refractivity contribution in [1.29, 1.82) is 0 Å². The van der Waals surface area contributed by atoms with Crippen molar-refractivity contribution in [3.63, 3.8) is 0 Å². The van der Waals surface area contributed by atoms with Crippen molar-refractivity contribution < 1.29 is 19.0 Å². The summed E-state index contributed by atoms with van der Waals surface area (Å²) < 4.78 is 19.1. The number of unbranched alkanes of at least 4 members (excludes halogenated alkanes) is 3. The topological polar surface area (TPSA) is 129 Å². The lowest BCUT2D eigenvalue weighted by Gasteiger charge is -2.24. The van der Waals surface area contributed by atoms with E-state index in [1.54, 1.807) is 26.1 Å². The number of nitrogens with two attached hydrogens (primary N) is 3. The van der Waals surface area contributed by atoms with E-state index in [0.29, 0.717) is 30.3 Å². The predicted octanol–water partition coefficient (Wildman–Crippen LogP) is 6.02. The molecule has 3 aromatic rings. The highest BCUT2D eigenvalue weighted by atomic mass is 32.2. The third-order valence-corrected chi connectivity index (χ3v) is 8.32. The van der Waals surface area contributed by atoms with Crippen LogP contribution in [-0.2, 0) is 16.1 Å². The van der Waals surface area contributed by atoms with Gasteiger partial charge in [-0.15, -0.1) is 0 Å². The van der Waals surface area contributed by atoms with Crippen LogP contribution in [0.4, 0.5) is 11.4 Å². The first-order valence-corrected chi connectivity index (χ1v) is 16.0. The van der Waals surface area contributed by atoms with Crippen molar-refractivity contribution in [2.45, 2.75) is 63.3 Å². The Bertz CT molecular complexity index is 1340. The zero-order chi connectivity index (χ0) is 32.1. The van der Waals surface area contributed by atoms with E-state index >= 15 is 0 Å². The van der Waals surface area contributed by atoms with Gasteiger partial charge in [-0.1, -0.05) is 31.0 Å². The van der Waals surface area contributed by atoms with Gasteiger partial charge in [0.1, 0.15) is 17.2 Å². The van der Waals surface area contributed by atoms with Crippen LogP contribution in [0.1, 0.15) is 67.2 Å². The minimum absolute atomic E-state index is 0.170. The van der Waals surface area contributed by atoms with Crippen LogP contribution in [0.5, 0.6) is 11.5 Å². The number of anilines is 2. The van der Waals surface area contributed by atoms with Crippen LogP contribution < -0.4 is 31.8 Å². The molecule has 0 aromatic heterocycles. The van der Waals surface area contributed by atoms with E-state index in [1.165, 1.54) is 16.1 Å². The molecule has 0 heterocycles. The highest BCUT2D eigenvalue weighted by Crippen LogP contribution is 2.40. The van der Waals surface area contributed by atoms with Crippen LogP contribution in [0.15, 0.2) is 59.5 Å². The van der Waals surface area contributed by atoms with Gasteiger partial charge in [-0.25, -0.2) is 10.1 Å². The van der Waals surface area contributed by atoms with Gasteiger partial charge in [0.15, 0.2) is 0 Å². The lowest BCUT2D eigenvalue weighted by atomic mass is 9.86. The van der Waals surface area contributed by atoms with E-state index < -0.39 is 0 Å². The molecule has 1 atom stereocenters. The van der Waals surface area contributed by atoms with Gasteiger partial charge in [-0.3, -0.25) is 4.79 Å². The molecule has 0 aliphatic heterocycles. The van der Waals surface area contributed by atoms with Crippen molar-refractivity contribution in [2.24, 2.45) is 11.6 Å². The molecule has 0 aliphatic rings. The largest absolute Gasteiger partial charge is 0.494 e. The minimum atomic E-state index is -0.284. The smallest absolute Gasteiger partial charge is 0.306 e. The number of nitrogens with zero attached hydrogens (tertiary/aromatic N) is 2. The number of hydrogen-bond donors (Lipinski definition) is 3. The fraction of sp³-hybridized carbons (Fsp3) is 0.441. The molecule has 0 aliphatic carbocycles. The molecule has 240 valence electrons. The third-order valence-electron chi connectivity index (χ3n) is 7.40. The van der Waals surface area contributed by atoms with Gasteiger partial charge in [-0.2, -0.15) is 0 Å². The second kappa shape index (κ2) is 17.8. The summed E-state index contributed by atoms with van der Waals surface area (Å²) in [5, 5.41) is 1.43. The molecule has 0 saturated carbocycles. The molecular weight excluding hydrogens is 574 g/mol. The van der Waals surface area contributed by atoms with Crippen molar-refractivity contribution in [1.82, 2.24) is 4.31 Å². The summed E-state index contributed by atoms with van der Waals surface area (Å²) in [5.41, 5.74) is 17.2. The van der Waals surface area contributed by atoms with E-state index in [-0.39, 0.29) is 18.3 Å². The molecule has 0 bridgehead atoms. The van der Waals surface area contributed by atoms with Crippen LogP contribution >= 0.6 is 11.9 Å². The van der Waals surface area contributed by atoms with E-state index in [1.807, 2.05) is 31.2 Å². The Labute approximate surface area is 267 Å². The maximum atomic E-state index is 12.7. The highest BCUT2D eigenvalue weighted by molar-refractivity contribution is 7.97. The molecule has 10 heteroatoms. The normalized spacial score (nSPS) is 11.8. The van der Waals surface area contributed by atoms with Crippen LogP contribution in [0, 0.1) is 6.92 Å². The number of rotatable bonds is 18. The molecule has 1 unspecified atom stereocenters. The van der Waals surface area contributed by atoms with Crippen LogP contribution in [0.2, 0.25) is 0 Å². The number of carbonyl (C=O) groups excluding carboxylic acids is 1. The second-order valence-electron chi connectivity index (χ2n) is 10.9.